The van der Waals surface area contributed by atoms with Crippen molar-refractivity contribution in [1.82, 2.24) is 15.5 Å². The Bertz CT molecular complexity index is 494. The van der Waals surface area contributed by atoms with Crippen molar-refractivity contribution in [1.29, 1.82) is 0 Å². The van der Waals surface area contributed by atoms with Crippen LogP contribution in [0.1, 0.15) is 32.6 Å². The molecular weight excluding hydrogens is 310 g/mol. The standard InChI is InChI=1S/C20H35N5/c1-4-14-25-16-11-18(12-17-25)23-20(21-2)22-13-8-15-24(3)19-9-6-5-7-10-19/h5-7,9-10,18H,4,8,11-17H2,1-3H3,(H2,21,22,23). The molecule has 5 nitrogen and oxygen atoms in total. The van der Waals surface area contributed by atoms with E-state index >= 15 is 0 Å². The average Bonchev–Trinajstić information content (AvgIpc) is 2.66. The first-order valence-corrected chi connectivity index (χ1v) is 9.68. The first-order valence-electron chi connectivity index (χ1n) is 9.68. The normalized spacial score (nSPS) is 16.7. The number of rotatable bonds is 8. The van der Waals surface area contributed by atoms with Gasteiger partial charge in [0.15, 0.2) is 5.96 Å². The van der Waals surface area contributed by atoms with Crippen LogP contribution in [0.3, 0.4) is 0 Å². The number of aliphatic imine (C=N–C) groups is 1. The Hall–Kier alpha value is -1.75. The molecule has 0 saturated carbocycles. The Morgan fingerprint density at radius 1 is 1.24 bits per heavy atom. The van der Waals surface area contributed by atoms with Gasteiger partial charge in [-0.25, -0.2) is 0 Å². The van der Waals surface area contributed by atoms with Crippen LogP contribution in [0.25, 0.3) is 0 Å². The van der Waals surface area contributed by atoms with Crippen LogP contribution in [-0.2, 0) is 0 Å². The molecule has 0 amide bonds. The van der Waals surface area contributed by atoms with Crippen LogP contribution in [0, 0.1) is 0 Å². The Kier molecular flexibility index (Phi) is 8.60. The van der Waals surface area contributed by atoms with E-state index in [1.165, 1.54) is 44.6 Å². The summed E-state index contributed by atoms with van der Waals surface area (Å²) in [7, 11) is 4.00. The summed E-state index contributed by atoms with van der Waals surface area (Å²) < 4.78 is 0. The number of hydrogen-bond donors (Lipinski definition) is 2. The van der Waals surface area contributed by atoms with Gasteiger partial charge in [-0.2, -0.15) is 0 Å². The molecule has 0 radical (unpaired) electrons. The van der Waals surface area contributed by atoms with E-state index in [4.69, 9.17) is 0 Å². The van der Waals surface area contributed by atoms with Gasteiger partial charge >= 0.3 is 0 Å². The molecule has 2 rings (SSSR count). The van der Waals surface area contributed by atoms with Crippen molar-refractivity contribution in [3.8, 4) is 0 Å². The van der Waals surface area contributed by atoms with Crippen molar-refractivity contribution in [3.63, 3.8) is 0 Å². The molecule has 0 atom stereocenters. The van der Waals surface area contributed by atoms with E-state index in [1.54, 1.807) is 0 Å². The molecule has 1 fully saturated rings. The molecule has 0 unspecified atom stereocenters. The molecule has 0 aliphatic carbocycles. The molecule has 1 aromatic carbocycles. The van der Waals surface area contributed by atoms with Gasteiger partial charge < -0.3 is 20.4 Å². The van der Waals surface area contributed by atoms with Crippen molar-refractivity contribution < 1.29 is 0 Å². The van der Waals surface area contributed by atoms with Crippen LogP contribution in [-0.4, -0.2) is 63.7 Å². The van der Waals surface area contributed by atoms with Crippen molar-refractivity contribution in [2.45, 2.75) is 38.6 Å². The smallest absolute Gasteiger partial charge is 0.191 e. The molecule has 0 bridgehead atoms. The number of hydrogen-bond acceptors (Lipinski definition) is 3. The zero-order valence-corrected chi connectivity index (χ0v) is 16.2. The fourth-order valence-electron chi connectivity index (χ4n) is 3.34. The minimum Gasteiger partial charge on any atom is -0.375 e. The minimum atomic E-state index is 0.547. The van der Waals surface area contributed by atoms with Crippen LogP contribution in [0.2, 0.25) is 0 Å². The molecule has 0 aromatic heterocycles. The highest BCUT2D eigenvalue weighted by molar-refractivity contribution is 5.79. The molecule has 1 aliphatic heterocycles. The Morgan fingerprint density at radius 2 is 1.96 bits per heavy atom. The number of nitrogens with one attached hydrogen (secondary N) is 2. The maximum absolute atomic E-state index is 4.38. The zero-order valence-electron chi connectivity index (χ0n) is 16.2. The molecule has 5 heteroatoms. The number of anilines is 1. The average molecular weight is 346 g/mol. The number of para-hydroxylation sites is 1. The van der Waals surface area contributed by atoms with Gasteiger partial charge in [0.2, 0.25) is 0 Å². The molecule has 1 saturated heterocycles. The third kappa shape index (κ3) is 6.94. The minimum absolute atomic E-state index is 0.547. The van der Waals surface area contributed by atoms with Crippen LogP contribution < -0.4 is 15.5 Å². The molecule has 25 heavy (non-hydrogen) atoms. The van der Waals surface area contributed by atoms with Gasteiger partial charge in [0.1, 0.15) is 0 Å². The summed E-state index contributed by atoms with van der Waals surface area (Å²) in [6.45, 7) is 7.85. The highest BCUT2D eigenvalue weighted by Gasteiger charge is 2.19. The van der Waals surface area contributed by atoms with Crippen molar-refractivity contribution in [2.75, 3.05) is 51.7 Å². The van der Waals surface area contributed by atoms with E-state index in [-0.39, 0.29) is 0 Å². The lowest BCUT2D eigenvalue weighted by atomic mass is 10.1. The quantitative estimate of drug-likeness (QED) is 0.432. The first kappa shape index (κ1) is 19.6. The fourth-order valence-corrected chi connectivity index (χ4v) is 3.34. The lowest BCUT2D eigenvalue weighted by molar-refractivity contribution is 0.206. The predicted molar refractivity (Wildman–Crippen MR) is 109 cm³/mol. The molecular formula is C20H35N5. The SMILES string of the molecule is CCCN1CCC(NC(=NC)NCCCN(C)c2ccccc2)CC1. The second-order valence-corrected chi connectivity index (χ2v) is 6.87. The van der Waals surface area contributed by atoms with Crippen molar-refractivity contribution in [2.24, 2.45) is 4.99 Å². The molecule has 140 valence electrons. The molecule has 1 aromatic rings. The highest BCUT2D eigenvalue weighted by Crippen LogP contribution is 2.11. The zero-order chi connectivity index (χ0) is 17.9. The van der Waals surface area contributed by atoms with E-state index in [0.717, 1.165) is 25.5 Å². The summed E-state index contributed by atoms with van der Waals surface area (Å²) in [5.74, 6) is 0.941. The summed E-state index contributed by atoms with van der Waals surface area (Å²) in [5, 5.41) is 7.05. The molecule has 1 aliphatic rings. The van der Waals surface area contributed by atoms with Crippen molar-refractivity contribution >= 4 is 11.6 Å². The van der Waals surface area contributed by atoms with Gasteiger partial charge in [-0.15, -0.1) is 0 Å². The molecule has 1 heterocycles. The monoisotopic (exact) mass is 345 g/mol. The third-order valence-corrected chi connectivity index (χ3v) is 4.85. The fraction of sp³-hybridized carbons (Fsp3) is 0.650. The Labute approximate surface area is 153 Å². The van der Waals surface area contributed by atoms with E-state index in [1.807, 2.05) is 7.05 Å². The second kappa shape index (κ2) is 11.0. The Morgan fingerprint density at radius 3 is 2.60 bits per heavy atom. The van der Waals surface area contributed by atoms with E-state index < -0.39 is 0 Å². The maximum atomic E-state index is 4.38. The number of benzene rings is 1. The first-order chi connectivity index (χ1) is 12.2. The largest absolute Gasteiger partial charge is 0.375 e. The van der Waals surface area contributed by atoms with Gasteiger partial charge in [0.05, 0.1) is 0 Å². The number of likely N-dealkylation sites (tertiary alicyclic amines) is 1. The number of piperidine rings is 1. The Balaban J connectivity index is 1.62. The molecule has 2 N–H and O–H groups in total. The van der Waals surface area contributed by atoms with Crippen LogP contribution in [0.5, 0.6) is 0 Å². The highest BCUT2D eigenvalue weighted by atomic mass is 15.2. The van der Waals surface area contributed by atoms with E-state index in [2.05, 4.69) is 69.7 Å². The van der Waals surface area contributed by atoms with Gasteiger partial charge in [-0.3, -0.25) is 4.99 Å². The van der Waals surface area contributed by atoms with Crippen LogP contribution in [0.15, 0.2) is 35.3 Å². The van der Waals surface area contributed by atoms with Gasteiger partial charge in [-0.05, 0) is 44.4 Å². The van der Waals surface area contributed by atoms with Crippen molar-refractivity contribution in [3.05, 3.63) is 30.3 Å². The molecule has 0 spiro atoms. The third-order valence-electron chi connectivity index (χ3n) is 4.85. The predicted octanol–water partition coefficient (Wildman–Crippen LogP) is 2.55. The van der Waals surface area contributed by atoms with Gasteiger partial charge in [-0.1, -0.05) is 25.1 Å². The number of nitrogens with zero attached hydrogens (tertiary/aromatic N) is 3. The van der Waals surface area contributed by atoms with Gasteiger partial charge in [0, 0.05) is 52.0 Å². The summed E-state index contributed by atoms with van der Waals surface area (Å²) in [5.41, 5.74) is 1.27. The maximum Gasteiger partial charge on any atom is 0.191 e. The lowest BCUT2D eigenvalue weighted by Crippen LogP contribution is -2.49. The summed E-state index contributed by atoms with van der Waals surface area (Å²) in [6.07, 6.45) is 4.74. The van der Waals surface area contributed by atoms with E-state index in [0.29, 0.717) is 6.04 Å². The number of guanidine groups is 1. The summed E-state index contributed by atoms with van der Waals surface area (Å²) >= 11 is 0. The summed E-state index contributed by atoms with van der Waals surface area (Å²) in [4.78, 5) is 9.24. The van der Waals surface area contributed by atoms with Crippen LogP contribution in [0.4, 0.5) is 5.69 Å². The van der Waals surface area contributed by atoms with Gasteiger partial charge in [0.25, 0.3) is 0 Å². The van der Waals surface area contributed by atoms with Crippen LogP contribution >= 0.6 is 0 Å². The lowest BCUT2D eigenvalue weighted by Gasteiger charge is -2.32. The van der Waals surface area contributed by atoms with E-state index in [9.17, 15) is 0 Å². The second-order valence-electron chi connectivity index (χ2n) is 6.87. The summed E-state index contributed by atoms with van der Waals surface area (Å²) in [6, 6.07) is 11.1. The topological polar surface area (TPSA) is 42.9 Å².